The first-order chi connectivity index (χ1) is 45.5. The molecule has 0 radical (unpaired) electrons. The first kappa shape index (κ1) is 28.1. The Balaban J connectivity index is 1.04. The van der Waals surface area contributed by atoms with E-state index in [1.54, 1.807) is 47.7 Å². The van der Waals surface area contributed by atoms with E-state index >= 15 is 0 Å². The molecule has 4 atom stereocenters. The molecule has 0 bridgehead atoms. The number of fused-ring (bicyclic) bond motifs is 9. The van der Waals surface area contributed by atoms with Gasteiger partial charge in [0.15, 0.2) is 0 Å². The van der Waals surface area contributed by atoms with Gasteiger partial charge in [-0.3, -0.25) is 0 Å². The smallest absolute Gasteiger partial charge is 0.0640 e. The summed E-state index contributed by atoms with van der Waals surface area (Å²) in [4.78, 5) is 0. The minimum Gasteiger partial charge on any atom is -0.309 e. The van der Waals surface area contributed by atoms with Gasteiger partial charge in [0.2, 0.25) is 0 Å². The molecular weight excluding hydrogens is 925 g/mol. The number of hydrogen-bond acceptors (Lipinski definition) is 1. The van der Waals surface area contributed by atoms with E-state index in [0.29, 0.717) is 38.8 Å². The molecule has 15 rings (SSSR count). The second-order valence-electron chi connectivity index (χ2n) is 18.6. The lowest BCUT2D eigenvalue weighted by Crippen LogP contribution is -2.07. The summed E-state index contributed by atoms with van der Waals surface area (Å²) in [7, 11) is 0. The largest absolute Gasteiger partial charge is 0.309 e. The number of rotatable bonds is 8. The Morgan fingerprint density at radius 1 is 0.387 bits per heavy atom. The third-order valence-electron chi connectivity index (χ3n) is 14.6. The highest BCUT2D eigenvalue weighted by Crippen LogP contribution is 2.48. The van der Waals surface area contributed by atoms with Crippen molar-refractivity contribution in [2.24, 2.45) is 0 Å². The molecule has 3 heteroatoms. The van der Waals surface area contributed by atoms with Crippen LogP contribution in [0.15, 0.2) is 248 Å². The van der Waals surface area contributed by atoms with E-state index in [2.05, 4.69) is 39.5 Å². The van der Waals surface area contributed by atoms with Crippen molar-refractivity contribution in [2.75, 3.05) is 0 Å². The maximum Gasteiger partial charge on any atom is 0.0640 e. The van der Waals surface area contributed by atoms with Crippen LogP contribution in [0, 0.1) is 0 Å². The molecule has 0 N–H and O–H groups in total. The lowest BCUT2D eigenvalue weighted by molar-refractivity contribution is 0.444. The molecule has 14 aromatic rings. The average Bonchev–Trinajstić information content (AvgIpc) is 1.69. The Kier molecular flexibility index (Phi) is 6.74. The van der Waals surface area contributed by atoms with Crippen molar-refractivity contribution >= 4 is 75.1 Å². The standard InChI is InChI=1S/C72H52N2S/c1-5-20-47(21-6-1)54-30-17-31-55(48-22-7-2-8-23-48)70(54)51-39-42-65-62(44-51)63-46-53(40-43-66(63)74(65)67-36-19-34-61-60-29-14-16-37-69(60)75-72(61)67)73-64-35-15-13-28-58(64)59-41-38-52(45-68(59)73)71-56(49-24-9-3-10-25-49)32-18-33-57(71)50-26-11-4-12-27-50/h1,3-6,9-21,24-46,48H,2,7-8,22-23H2/i1D,2D,3D,4D,5D,6D,7D,8D,9D,10D,11D,12D,20D,21D,22D,23D,24D,25D,26D,27D. The van der Waals surface area contributed by atoms with E-state index in [4.69, 9.17) is 16.4 Å². The molecule has 4 unspecified atom stereocenters. The minimum absolute atomic E-state index is 0.113. The van der Waals surface area contributed by atoms with Gasteiger partial charge in [-0.25, -0.2) is 0 Å². The third kappa shape index (κ3) is 7.21. The third-order valence-corrected chi connectivity index (χ3v) is 15.8. The fourth-order valence-electron chi connectivity index (χ4n) is 11.4. The highest BCUT2D eigenvalue weighted by atomic mass is 32.1. The van der Waals surface area contributed by atoms with Crippen molar-refractivity contribution in [1.29, 1.82) is 0 Å². The van der Waals surface area contributed by atoms with E-state index in [1.807, 2.05) is 91.0 Å². The molecule has 0 saturated heterocycles. The average molecular weight is 997 g/mol. The fourth-order valence-corrected chi connectivity index (χ4v) is 12.6. The monoisotopic (exact) mass is 997 g/mol. The van der Waals surface area contributed by atoms with Gasteiger partial charge >= 0.3 is 0 Å². The minimum atomic E-state index is -1.37. The molecule has 11 aromatic carbocycles. The van der Waals surface area contributed by atoms with Gasteiger partial charge < -0.3 is 9.13 Å². The molecule has 0 amide bonds. The fraction of sp³-hybridized carbons (Fsp3) is 0.0833. The first-order valence-corrected chi connectivity index (χ1v) is 25.5. The summed E-state index contributed by atoms with van der Waals surface area (Å²) in [5, 5.41) is 5.21. The molecule has 1 aliphatic carbocycles. The Bertz CT molecular complexity index is 5470. The van der Waals surface area contributed by atoms with Gasteiger partial charge in [-0.2, -0.15) is 0 Å². The molecule has 75 heavy (non-hydrogen) atoms. The van der Waals surface area contributed by atoms with Crippen LogP contribution in [-0.2, 0) is 0 Å². The topological polar surface area (TPSA) is 9.86 Å². The van der Waals surface area contributed by atoms with E-state index in [9.17, 15) is 11.0 Å². The molecule has 0 spiro atoms. The van der Waals surface area contributed by atoms with Gasteiger partial charge in [0.25, 0.3) is 0 Å². The zero-order chi connectivity index (χ0) is 66.8. The molecule has 3 aromatic heterocycles. The highest BCUT2D eigenvalue weighted by molar-refractivity contribution is 7.26. The van der Waals surface area contributed by atoms with Crippen LogP contribution in [0.3, 0.4) is 0 Å². The Morgan fingerprint density at radius 3 is 1.65 bits per heavy atom. The molecule has 2 nitrogen and oxygen atoms in total. The molecule has 0 aliphatic heterocycles. The van der Waals surface area contributed by atoms with Crippen LogP contribution in [0.5, 0.6) is 0 Å². The van der Waals surface area contributed by atoms with Gasteiger partial charge in [0, 0.05) is 49.6 Å². The normalized spacial score (nSPS) is 22.7. The van der Waals surface area contributed by atoms with Crippen molar-refractivity contribution in [1.82, 2.24) is 9.13 Å². The zero-order valence-corrected chi connectivity index (χ0v) is 40.6. The molecular formula is C72H52N2S. The Hall–Kier alpha value is -8.76. The molecule has 1 saturated carbocycles. The van der Waals surface area contributed by atoms with E-state index in [1.165, 1.54) is 0 Å². The van der Waals surface area contributed by atoms with Gasteiger partial charge in [0.05, 0.1) is 53.0 Å². The summed E-state index contributed by atoms with van der Waals surface area (Å²) in [6.07, 6.45) is -6.77. The lowest BCUT2D eigenvalue weighted by atomic mass is 9.78. The second-order valence-corrected chi connectivity index (χ2v) is 19.6. The maximum absolute atomic E-state index is 9.49. The molecule has 3 heterocycles. The van der Waals surface area contributed by atoms with Crippen molar-refractivity contribution in [3.05, 3.63) is 254 Å². The van der Waals surface area contributed by atoms with Crippen LogP contribution in [0.25, 0.3) is 131 Å². The van der Waals surface area contributed by atoms with E-state index < -0.39 is 129 Å². The van der Waals surface area contributed by atoms with Crippen LogP contribution in [0.1, 0.15) is 70.9 Å². The lowest BCUT2D eigenvalue weighted by Gasteiger charge is -2.26. The van der Waals surface area contributed by atoms with Crippen molar-refractivity contribution in [3.8, 4) is 67.0 Å². The Labute approximate surface area is 469 Å². The van der Waals surface area contributed by atoms with E-state index in [0.717, 1.165) is 58.6 Å². The molecule has 1 aliphatic rings. The van der Waals surface area contributed by atoms with Gasteiger partial charge in [-0.1, -0.05) is 213 Å². The van der Waals surface area contributed by atoms with Crippen LogP contribution >= 0.6 is 11.3 Å². The van der Waals surface area contributed by atoms with Gasteiger partial charge in [0.1, 0.15) is 0 Å². The van der Waals surface area contributed by atoms with Crippen LogP contribution < -0.4 is 0 Å². The number of hydrogen-bond donors (Lipinski definition) is 0. The van der Waals surface area contributed by atoms with Crippen LogP contribution in [0.2, 0.25) is 0 Å². The zero-order valence-electron chi connectivity index (χ0n) is 59.8. The summed E-state index contributed by atoms with van der Waals surface area (Å²) < 4.78 is 186. The van der Waals surface area contributed by atoms with Crippen LogP contribution in [-0.4, -0.2) is 9.13 Å². The first-order valence-electron chi connectivity index (χ1n) is 35.0. The van der Waals surface area contributed by atoms with Crippen molar-refractivity contribution < 1.29 is 27.4 Å². The highest BCUT2D eigenvalue weighted by Gasteiger charge is 2.25. The summed E-state index contributed by atoms with van der Waals surface area (Å²) >= 11 is 1.66. The van der Waals surface area contributed by atoms with Crippen LogP contribution in [0.4, 0.5) is 0 Å². The Morgan fingerprint density at radius 2 is 0.933 bits per heavy atom. The number of benzene rings is 11. The van der Waals surface area contributed by atoms with Gasteiger partial charge in [-0.05, 0) is 135 Å². The molecule has 1 fully saturated rings. The summed E-state index contributed by atoms with van der Waals surface area (Å²) in [5.74, 6) is -1.12. The quantitative estimate of drug-likeness (QED) is 0.144. The number of nitrogens with zero attached hydrogens (tertiary/aromatic N) is 2. The SMILES string of the molecule is [2H]c1c([2H])c([2H])c(-c2cccc(-c3c([2H])c([2H])c([2H])c([2H])c3[2H])c2-c2ccc3c4ccccc4n(-c4ccc5c(c4)c4cc(-c6c(-c7c([2H])c([2H])c([2H])c([2H])c7[2H])cccc6C6C([2H])C([2H])C([2H])C([2H])C6[2H])ccc4n5-c4cccc5c4sc4ccccc45)c3c2)c([2H])c1[2H]. The maximum atomic E-state index is 9.49. The summed E-state index contributed by atoms with van der Waals surface area (Å²) in [5.41, 5.74) is 6.46. The number of aromatic nitrogens is 2. The van der Waals surface area contributed by atoms with Gasteiger partial charge in [-0.15, -0.1) is 11.3 Å². The van der Waals surface area contributed by atoms with E-state index in [-0.39, 0.29) is 38.9 Å². The summed E-state index contributed by atoms with van der Waals surface area (Å²) in [6.45, 7) is 0. The molecule has 356 valence electrons. The number of para-hydroxylation sites is 1. The van der Waals surface area contributed by atoms with Crippen molar-refractivity contribution in [3.63, 3.8) is 0 Å². The predicted octanol–water partition coefficient (Wildman–Crippen LogP) is 20.6. The van der Waals surface area contributed by atoms with Crippen molar-refractivity contribution in [2.45, 2.75) is 37.9 Å². The second kappa shape index (κ2) is 18.0. The predicted molar refractivity (Wildman–Crippen MR) is 321 cm³/mol. The summed E-state index contributed by atoms with van der Waals surface area (Å²) in [6, 6.07) is 41.3. The number of thiophene rings is 1.